The lowest BCUT2D eigenvalue weighted by Gasteiger charge is -2.16. The van der Waals surface area contributed by atoms with Gasteiger partial charge < -0.3 is 19.9 Å². The molecule has 166 valence electrons. The average Bonchev–Trinajstić information content (AvgIpc) is 3.07. The van der Waals surface area contributed by atoms with Gasteiger partial charge in [-0.25, -0.2) is 9.69 Å². The Balaban J connectivity index is 1.53. The fourth-order valence-corrected chi connectivity index (χ4v) is 3.40. The maximum Gasteiger partial charge on any atom is 0.341 e. The van der Waals surface area contributed by atoms with Crippen molar-refractivity contribution in [3.63, 3.8) is 0 Å². The molecular weight excluding hydrogens is 428 g/mol. The zero-order chi connectivity index (χ0) is 23.5. The number of ether oxygens (including phenoxy) is 2. The molecule has 0 aliphatic carbocycles. The molecule has 0 fully saturated rings. The van der Waals surface area contributed by atoms with Gasteiger partial charge in [-0.05, 0) is 54.6 Å². The number of hydrogen-bond acceptors (Lipinski definition) is 6. The minimum Gasteiger partial charge on any atom is -0.495 e. The molecule has 0 saturated heterocycles. The molecule has 4 rings (SSSR count). The number of nitrogens with one attached hydrogen (secondary N) is 1. The number of imide groups is 1. The molecule has 0 aromatic heterocycles. The Morgan fingerprint density at radius 2 is 1.64 bits per heavy atom. The van der Waals surface area contributed by atoms with Crippen LogP contribution in [0.15, 0.2) is 66.7 Å². The van der Waals surface area contributed by atoms with Crippen LogP contribution < -0.4 is 19.7 Å². The van der Waals surface area contributed by atoms with E-state index in [1.54, 1.807) is 36.4 Å². The van der Waals surface area contributed by atoms with E-state index in [-0.39, 0.29) is 16.7 Å². The van der Waals surface area contributed by atoms with E-state index < -0.39 is 30.3 Å². The number of carboxylic acids is 1. The van der Waals surface area contributed by atoms with Crippen molar-refractivity contribution < 1.29 is 33.8 Å². The Labute approximate surface area is 188 Å². The number of amides is 3. The van der Waals surface area contributed by atoms with E-state index in [9.17, 15) is 19.2 Å². The summed E-state index contributed by atoms with van der Waals surface area (Å²) < 4.78 is 10.3. The molecule has 0 radical (unpaired) electrons. The Morgan fingerprint density at radius 3 is 2.33 bits per heavy atom. The largest absolute Gasteiger partial charge is 0.495 e. The topological polar surface area (TPSA) is 122 Å². The number of anilines is 2. The third kappa shape index (κ3) is 4.24. The standard InChI is InChI=1S/C24H18N2O7/c1-32-20-5-3-2-4-19(20)26-23(30)17-11-6-14(12-18(17)24(26)31)22(29)25-15-7-9-16(10-8-15)33-13-21(27)28/h2-12H,13H2,1H3,(H,25,29)(H,27,28). The van der Waals surface area contributed by atoms with Crippen LogP contribution in [0.2, 0.25) is 0 Å². The lowest BCUT2D eigenvalue weighted by atomic mass is 10.1. The first-order valence-corrected chi connectivity index (χ1v) is 9.81. The van der Waals surface area contributed by atoms with Crippen LogP contribution in [0.25, 0.3) is 0 Å². The van der Waals surface area contributed by atoms with Crippen molar-refractivity contribution in [2.24, 2.45) is 0 Å². The van der Waals surface area contributed by atoms with E-state index >= 15 is 0 Å². The molecule has 0 atom stereocenters. The van der Waals surface area contributed by atoms with E-state index in [1.165, 1.54) is 37.4 Å². The van der Waals surface area contributed by atoms with Gasteiger partial charge in [0.1, 0.15) is 11.5 Å². The van der Waals surface area contributed by atoms with Crippen molar-refractivity contribution in [3.05, 3.63) is 83.4 Å². The predicted octanol–water partition coefficient (Wildman–Crippen LogP) is 3.21. The van der Waals surface area contributed by atoms with Crippen molar-refractivity contribution in [2.75, 3.05) is 23.9 Å². The molecule has 0 unspecified atom stereocenters. The molecule has 9 heteroatoms. The smallest absolute Gasteiger partial charge is 0.341 e. The van der Waals surface area contributed by atoms with Crippen molar-refractivity contribution in [2.45, 2.75) is 0 Å². The van der Waals surface area contributed by atoms with E-state index in [0.29, 0.717) is 22.9 Å². The minimum atomic E-state index is -1.10. The molecule has 3 aromatic carbocycles. The van der Waals surface area contributed by atoms with Gasteiger partial charge in [0.15, 0.2) is 6.61 Å². The number of nitrogens with zero attached hydrogens (tertiary/aromatic N) is 1. The normalized spacial score (nSPS) is 12.3. The van der Waals surface area contributed by atoms with E-state index in [4.69, 9.17) is 14.6 Å². The summed E-state index contributed by atoms with van der Waals surface area (Å²) in [5.41, 5.74) is 1.28. The summed E-state index contributed by atoms with van der Waals surface area (Å²) in [5.74, 6) is -1.90. The fourth-order valence-electron chi connectivity index (χ4n) is 3.40. The molecule has 2 N–H and O–H groups in total. The van der Waals surface area contributed by atoms with Gasteiger partial charge in [-0.1, -0.05) is 12.1 Å². The number of para-hydroxylation sites is 2. The lowest BCUT2D eigenvalue weighted by Crippen LogP contribution is -2.29. The van der Waals surface area contributed by atoms with E-state index in [1.807, 2.05) is 0 Å². The first kappa shape index (κ1) is 21.6. The maximum atomic E-state index is 13.0. The second-order valence-electron chi connectivity index (χ2n) is 7.04. The molecule has 1 heterocycles. The molecular formula is C24H18N2O7. The quantitative estimate of drug-likeness (QED) is 0.535. The Hall–Kier alpha value is -4.66. The second-order valence-corrected chi connectivity index (χ2v) is 7.04. The lowest BCUT2D eigenvalue weighted by molar-refractivity contribution is -0.139. The number of fused-ring (bicyclic) bond motifs is 1. The summed E-state index contributed by atoms with van der Waals surface area (Å²) in [6.45, 7) is -0.473. The SMILES string of the molecule is COc1ccccc1N1C(=O)c2ccc(C(=O)Nc3ccc(OCC(=O)O)cc3)cc2C1=O. The van der Waals surface area contributed by atoms with Crippen molar-refractivity contribution in [1.29, 1.82) is 0 Å². The van der Waals surface area contributed by atoms with Gasteiger partial charge in [0, 0.05) is 11.3 Å². The molecule has 0 spiro atoms. The van der Waals surface area contributed by atoms with Crippen LogP contribution >= 0.6 is 0 Å². The number of aliphatic carboxylic acids is 1. The Morgan fingerprint density at radius 1 is 0.939 bits per heavy atom. The van der Waals surface area contributed by atoms with Crippen LogP contribution in [0, 0.1) is 0 Å². The Kier molecular flexibility index (Phi) is 5.77. The number of carbonyl (C=O) groups excluding carboxylic acids is 3. The number of hydrogen-bond donors (Lipinski definition) is 2. The fraction of sp³-hybridized carbons (Fsp3) is 0.0833. The molecule has 1 aliphatic heterocycles. The first-order chi connectivity index (χ1) is 15.9. The molecule has 1 aliphatic rings. The van der Waals surface area contributed by atoms with Crippen molar-refractivity contribution >= 4 is 35.1 Å². The van der Waals surface area contributed by atoms with Gasteiger partial charge in [-0.15, -0.1) is 0 Å². The van der Waals surface area contributed by atoms with Crippen molar-refractivity contribution in [3.8, 4) is 11.5 Å². The number of benzene rings is 3. The highest BCUT2D eigenvalue weighted by Crippen LogP contribution is 2.35. The average molecular weight is 446 g/mol. The highest BCUT2D eigenvalue weighted by atomic mass is 16.5. The second kappa shape index (κ2) is 8.83. The highest BCUT2D eigenvalue weighted by Gasteiger charge is 2.38. The minimum absolute atomic E-state index is 0.121. The summed E-state index contributed by atoms with van der Waals surface area (Å²) in [4.78, 5) is 50.2. The zero-order valence-corrected chi connectivity index (χ0v) is 17.4. The van der Waals surface area contributed by atoms with Gasteiger partial charge >= 0.3 is 5.97 Å². The number of carbonyl (C=O) groups is 4. The summed E-state index contributed by atoms with van der Waals surface area (Å²) in [7, 11) is 1.45. The van der Waals surface area contributed by atoms with Crippen LogP contribution in [-0.2, 0) is 4.79 Å². The van der Waals surface area contributed by atoms with Gasteiger partial charge in [-0.2, -0.15) is 0 Å². The third-order valence-electron chi connectivity index (χ3n) is 4.95. The van der Waals surface area contributed by atoms with Crippen LogP contribution in [0.3, 0.4) is 0 Å². The van der Waals surface area contributed by atoms with Crippen molar-refractivity contribution in [1.82, 2.24) is 0 Å². The van der Waals surface area contributed by atoms with Gasteiger partial charge in [0.05, 0.1) is 23.9 Å². The van der Waals surface area contributed by atoms with E-state index in [0.717, 1.165) is 4.90 Å². The molecule has 3 amide bonds. The molecule has 3 aromatic rings. The monoisotopic (exact) mass is 446 g/mol. The van der Waals surface area contributed by atoms with Gasteiger partial charge in [0.25, 0.3) is 17.7 Å². The molecule has 33 heavy (non-hydrogen) atoms. The first-order valence-electron chi connectivity index (χ1n) is 9.81. The van der Waals surface area contributed by atoms with Crippen LogP contribution in [0.1, 0.15) is 31.1 Å². The summed E-state index contributed by atoms with van der Waals surface area (Å²) in [6, 6.07) is 17.1. The van der Waals surface area contributed by atoms with Crippen LogP contribution in [-0.4, -0.2) is 42.5 Å². The molecule has 9 nitrogen and oxygen atoms in total. The van der Waals surface area contributed by atoms with Crippen LogP contribution in [0.5, 0.6) is 11.5 Å². The summed E-state index contributed by atoms with van der Waals surface area (Å²) in [5, 5.41) is 11.3. The van der Waals surface area contributed by atoms with Gasteiger partial charge in [0.2, 0.25) is 0 Å². The van der Waals surface area contributed by atoms with E-state index in [2.05, 4.69) is 5.32 Å². The predicted molar refractivity (Wildman–Crippen MR) is 118 cm³/mol. The number of rotatable bonds is 7. The summed E-state index contributed by atoms with van der Waals surface area (Å²) >= 11 is 0. The molecule has 0 bridgehead atoms. The zero-order valence-electron chi connectivity index (χ0n) is 17.4. The Bertz CT molecular complexity index is 1270. The maximum absolute atomic E-state index is 13.0. The number of methoxy groups -OCH3 is 1. The third-order valence-corrected chi connectivity index (χ3v) is 4.95. The molecule has 0 saturated carbocycles. The summed E-state index contributed by atoms with van der Waals surface area (Å²) in [6.07, 6.45) is 0. The number of carboxylic acid groups (broad SMARTS) is 1. The van der Waals surface area contributed by atoms with Gasteiger partial charge in [-0.3, -0.25) is 14.4 Å². The highest BCUT2D eigenvalue weighted by molar-refractivity contribution is 6.35. The van der Waals surface area contributed by atoms with Crippen LogP contribution in [0.4, 0.5) is 11.4 Å².